The average Bonchev–Trinajstić information content (AvgIpc) is 2.35. The molecule has 0 radical (unpaired) electrons. The minimum Gasteiger partial charge on any atom is -0.382 e. The van der Waals surface area contributed by atoms with Gasteiger partial charge in [0.25, 0.3) is 0 Å². The number of carbonyl (C=O) groups excluding carboxylic acids is 1. The Morgan fingerprint density at radius 3 is 2.92 bits per heavy atom. The van der Waals surface area contributed by atoms with Crippen molar-refractivity contribution < 1.29 is 9.90 Å². The van der Waals surface area contributed by atoms with E-state index in [-0.39, 0.29) is 6.42 Å². The molecule has 4 nitrogen and oxygen atoms in total. The fourth-order valence-electron chi connectivity index (χ4n) is 1.14. The topological polar surface area (TPSA) is 55.1 Å². The summed E-state index contributed by atoms with van der Waals surface area (Å²) in [5.74, 6) is 0.509. The highest BCUT2D eigenvalue weighted by Crippen LogP contribution is 2.20. The number of aliphatic hydroxyl groups is 1. The Hall–Kier alpha value is -1.16. The lowest BCUT2D eigenvalue weighted by molar-refractivity contribution is -0.112. The van der Waals surface area contributed by atoms with E-state index in [0.29, 0.717) is 12.1 Å². The van der Waals surface area contributed by atoms with Gasteiger partial charge in [-0.1, -0.05) is 0 Å². The zero-order chi connectivity index (χ0) is 9.19. The number of hydrogen-bond acceptors (Lipinski definition) is 3. The summed E-state index contributed by atoms with van der Waals surface area (Å²) in [5, 5.41) is 9.74. The fraction of sp³-hybridized carbons (Fsp3) is 0.500. The molecule has 0 amide bonds. The summed E-state index contributed by atoms with van der Waals surface area (Å²) in [6.07, 6.45) is 4.08. The zero-order valence-electron chi connectivity index (χ0n) is 7.19. The summed E-state index contributed by atoms with van der Waals surface area (Å²) >= 11 is 0. The number of carbonyl (C=O) groups is 1. The van der Waals surface area contributed by atoms with Gasteiger partial charge in [0, 0.05) is 25.9 Å². The Kier molecular flexibility index (Phi) is 2.28. The maximum absolute atomic E-state index is 10.2. The lowest BCUT2D eigenvalue weighted by atomic mass is 10.0. The van der Waals surface area contributed by atoms with Gasteiger partial charge < -0.3 is 14.5 Å². The number of nitrogens with zero attached hydrogens (tertiary/aromatic N) is 2. The van der Waals surface area contributed by atoms with Crippen LogP contribution in [0.25, 0.3) is 0 Å². The molecular formula is C8H12N2O2. The number of aromatic nitrogens is 2. The van der Waals surface area contributed by atoms with Crippen molar-refractivity contribution in [3.63, 3.8) is 0 Å². The number of rotatable bonds is 3. The maximum Gasteiger partial charge on any atom is 0.140 e. The predicted octanol–water partition coefficient (Wildman–Crippen LogP) is 0.217. The van der Waals surface area contributed by atoms with Crippen molar-refractivity contribution in [2.75, 3.05) is 0 Å². The van der Waals surface area contributed by atoms with Gasteiger partial charge in [0.15, 0.2) is 0 Å². The van der Waals surface area contributed by atoms with Gasteiger partial charge in [0.2, 0.25) is 0 Å². The first kappa shape index (κ1) is 8.93. The molecule has 0 saturated carbocycles. The minimum absolute atomic E-state index is 0.0673. The highest BCUT2D eigenvalue weighted by atomic mass is 16.3. The molecule has 0 aliphatic heterocycles. The zero-order valence-corrected chi connectivity index (χ0v) is 7.19. The van der Waals surface area contributed by atoms with Crippen LogP contribution in [0.3, 0.4) is 0 Å². The first-order chi connectivity index (χ1) is 5.58. The summed E-state index contributed by atoms with van der Waals surface area (Å²) in [5.41, 5.74) is -1.15. The van der Waals surface area contributed by atoms with E-state index in [0.717, 1.165) is 0 Å². The molecule has 0 spiro atoms. The Bertz CT molecular complexity index is 278. The Morgan fingerprint density at radius 2 is 2.50 bits per heavy atom. The Balaban J connectivity index is 2.96. The first-order valence-corrected chi connectivity index (χ1v) is 3.72. The molecule has 1 unspecified atom stereocenters. The van der Waals surface area contributed by atoms with Crippen molar-refractivity contribution in [1.82, 2.24) is 9.55 Å². The van der Waals surface area contributed by atoms with Crippen LogP contribution in [0.15, 0.2) is 12.4 Å². The molecule has 0 aromatic carbocycles. The van der Waals surface area contributed by atoms with Crippen LogP contribution in [0.1, 0.15) is 19.2 Å². The second kappa shape index (κ2) is 3.06. The summed E-state index contributed by atoms with van der Waals surface area (Å²) in [4.78, 5) is 14.2. The average molecular weight is 168 g/mol. The molecule has 1 aromatic rings. The molecule has 0 aliphatic rings. The molecule has 0 aliphatic carbocycles. The molecule has 12 heavy (non-hydrogen) atoms. The van der Waals surface area contributed by atoms with Crippen LogP contribution in [-0.4, -0.2) is 20.9 Å². The number of aryl methyl sites for hydroxylation is 1. The predicted molar refractivity (Wildman–Crippen MR) is 43.5 cm³/mol. The monoisotopic (exact) mass is 168 g/mol. The lowest BCUT2D eigenvalue weighted by Gasteiger charge is -2.19. The van der Waals surface area contributed by atoms with E-state index in [1.807, 2.05) is 0 Å². The molecule has 66 valence electrons. The molecule has 1 heterocycles. The summed E-state index contributed by atoms with van der Waals surface area (Å²) in [6.45, 7) is 1.57. The smallest absolute Gasteiger partial charge is 0.140 e. The lowest BCUT2D eigenvalue weighted by Crippen LogP contribution is -2.25. The van der Waals surface area contributed by atoms with Crippen molar-refractivity contribution >= 4 is 6.29 Å². The molecule has 0 fully saturated rings. The second-order valence-corrected chi connectivity index (χ2v) is 3.01. The molecule has 1 N–H and O–H groups in total. The van der Waals surface area contributed by atoms with E-state index in [2.05, 4.69) is 4.98 Å². The Labute approximate surface area is 70.9 Å². The van der Waals surface area contributed by atoms with Crippen LogP contribution < -0.4 is 0 Å². The van der Waals surface area contributed by atoms with Gasteiger partial charge in [0.05, 0.1) is 0 Å². The van der Waals surface area contributed by atoms with Gasteiger partial charge in [-0.3, -0.25) is 0 Å². The van der Waals surface area contributed by atoms with E-state index in [1.54, 1.807) is 30.9 Å². The third kappa shape index (κ3) is 1.53. The molecule has 0 saturated heterocycles. The minimum atomic E-state index is -1.15. The highest BCUT2D eigenvalue weighted by Gasteiger charge is 2.26. The molecule has 1 atom stereocenters. The van der Waals surface area contributed by atoms with Crippen LogP contribution in [0, 0.1) is 0 Å². The van der Waals surface area contributed by atoms with E-state index in [9.17, 15) is 9.90 Å². The van der Waals surface area contributed by atoms with Crippen LogP contribution in [0.2, 0.25) is 0 Å². The Morgan fingerprint density at radius 1 is 1.83 bits per heavy atom. The quantitative estimate of drug-likeness (QED) is 0.657. The third-order valence-electron chi connectivity index (χ3n) is 1.78. The summed E-state index contributed by atoms with van der Waals surface area (Å²) in [6, 6.07) is 0. The molecule has 1 rings (SSSR count). The van der Waals surface area contributed by atoms with Gasteiger partial charge >= 0.3 is 0 Å². The van der Waals surface area contributed by atoms with E-state index < -0.39 is 5.60 Å². The molecule has 1 aromatic heterocycles. The summed E-state index contributed by atoms with van der Waals surface area (Å²) in [7, 11) is 1.78. The normalized spacial score (nSPS) is 15.6. The van der Waals surface area contributed by atoms with Crippen molar-refractivity contribution in [3.8, 4) is 0 Å². The summed E-state index contributed by atoms with van der Waals surface area (Å²) < 4.78 is 1.70. The van der Waals surface area contributed by atoms with Crippen molar-refractivity contribution in [2.45, 2.75) is 18.9 Å². The second-order valence-electron chi connectivity index (χ2n) is 3.01. The fourth-order valence-corrected chi connectivity index (χ4v) is 1.14. The van der Waals surface area contributed by atoms with E-state index in [1.165, 1.54) is 0 Å². The van der Waals surface area contributed by atoms with Gasteiger partial charge in [-0.25, -0.2) is 4.98 Å². The van der Waals surface area contributed by atoms with Gasteiger partial charge in [-0.2, -0.15) is 0 Å². The van der Waals surface area contributed by atoms with Gasteiger partial charge in [-0.05, 0) is 6.92 Å². The van der Waals surface area contributed by atoms with Gasteiger partial charge in [0.1, 0.15) is 17.7 Å². The van der Waals surface area contributed by atoms with Gasteiger partial charge in [-0.15, -0.1) is 0 Å². The molecule has 4 heteroatoms. The number of hydrogen-bond donors (Lipinski definition) is 1. The first-order valence-electron chi connectivity index (χ1n) is 3.72. The largest absolute Gasteiger partial charge is 0.382 e. The van der Waals surface area contributed by atoms with Crippen LogP contribution in [0.4, 0.5) is 0 Å². The SMILES string of the molecule is Cn1ccnc1C(C)(O)CC=O. The van der Waals surface area contributed by atoms with Crippen molar-refractivity contribution in [2.24, 2.45) is 7.05 Å². The van der Waals surface area contributed by atoms with Crippen LogP contribution >= 0.6 is 0 Å². The molecular weight excluding hydrogens is 156 g/mol. The van der Waals surface area contributed by atoms with Crippen molar-refractivity contribution in [3.05, 3.63) is 18.2 Å². The van der Waals surface area contributed by atoms with E-state index in [4.69, 9.17) is 0 Å². The molecule has 0 bridgehead atoms. The van der Waals surface area contributed by atoms with E-state index >= 15 is 0 Å². The number of imidazole rings is 1. The maximum atomic E-state index is 10.2. The standard InChI is InChI=1S/C8H12N2O2/c1-8(12,3-6-11)7-9-4-5-10(7)2/h4-6,12H,3H2,1-2H3. The van der Waals surface area contributed by atoms with Crippen LogP contribution in [-0.2, 0) is 17.4 Å². The number of aldehydes is 1. The van der Waals surface area contributed by atoms with Crippen LogP contribution in [0.5, 0.6) is 0 Å². The van der Waals surface area contributed by atoms with Crippen molar-refractivity contribution in [1.29, 1.82) is 0 Å². The highest BCUT2D eigenvalue weighted by molar-refractivity contribution is 5.51. The third-order valence-corrected chi connectivity index (χ3v) is 1.78.